The van der Waals surface area contributed by atoms with Gasteiger partial charge in [0.2, 0.25) is 0 Å². The van der Waals surface area contributed by atoms with Crippen LogP contribution < -0.4 is 10.9 Å². The Morgan fingerprint density at radius 2 is 2.29 bits per heavy atom. The topological polar surface area (TPSA) is 62.4 Å². The number of aliphatic hydroxyl groups excluding tert-OH is 1. The Balaban J connectivity index is 2.90. The maximum absolute atomic E-state index is 8.95. The van der Waals surface area contributed by atoms with Gasteiger partial charge >= 0.3 is 0 Å². The molecule has 14 heavy (non-hydrogen) atoms. The molecule has 0 unspecified atom stereocenters. The van der Waals surface area contributed by atoms with Crippen LogP contribution in [0.2, 0.25) is 5.15 Å². The quantitative estimate of drug-likeness (QED) is 0.452. The van der Waals surface area contributed by atoms with Gasteiger partial charge in [-0.25, -0.2) is 10.8 Å². The van der Waals surface area contributed by atoms with Crippen molar-refractivity contribution in [2.45, 2.75) is 20.0 Å². The summed E-state index contributed by atoms with van der Waals surface area (Å²) in [7, 11) is 0. The summed E-state index contributed by atoms with van der Waals surface area (Å²) in [4.78, 5) is 4.06. The summed E-state index contributed by atoms with van der Waals surface area (Å²) < 4.78 is 0. The summed E-state index contributed by atoms with van der Waals surface area (Å²) in [6.07, 6.45) is 0.930. The first-order valence-corrected chi connectivity index (χ1v) is 4.84. The summed E-state index contributed by atoms with van der Waals surface area (Å²) in [5, 5.41) is 10.8. The van der Waals surface area contributed by atoms with Crippen molar-refractivity contribution in [3.05, 3.63) is 22.8 Å². The van der Waals surface area contributed by atoms with E-state index in [1.165, 1.54) is 5.01 Å². The number of aliphatic hydroxyl groups is 1. The third-order valence-corrected chi connectivity index (χ3v) is 1.98. The molecule has 4 nitrogen and oxygen atoms in total. The molecule has 1 aromatic heterocycles. The number of pyridine rings is 1. The molecule has 1 rings (SSSR count). The van der Waals surface area contributed by atoms with Crippen LogP contribution in [-0.4, -0.2) is 16.6 Å². The van der Waals surface area contributed by atoms with Crippen molar-refractivity contribution in [2.24, 2.45) is 5.84 Å². The fraction of sp³-hybridized carbons (Fsp3) is 0.444. The molecule has 78 valence electrons. The fourth-order valence-corrected chi connectivity index (χ4v) is 1.36. The maximum Gasteiger partial charge on any atom is 0.144 e. The molecular weight excluding hydrogens is 202 g/mol. The molecule has 0 spiro atoms. The third kappa shape index (κ3) is 2.83. The molecule has 0 aliphatic carbocycles. The predicted molar refractivity (Wildman–Crippen MR) is 57.0 cm³/mol. The van der Waals surface area contributed by atoms with Gasteiger partial charge in [0, 0.05) is 6.54 Å². The predicted octanol–water partition coefficient (Wildman–Crippen LogP) is 1.32. The molecule has 0 aliphatic heterocycles. The van der Waals surface area contributed by atoms with Crippen molar-refractivity contribution >= 4 is 17.4 Å². The molecule has 0 amide bonds. The number of aromatic nitrogens is 1. The number of hydrogen-bond donors (Lipinski definition) is 2. The smallest absolute Gasteiger partial charge is 0.144 e. The summed E-state index contributed by atoms with van der Waals surface area (Å²) in [5.41, 5.74) is 0.714. The SMILES string of the molecule is CCCN(N)c1cc(CO)cc(Cl)n1. The molecule has 1 aromatic rings. The zero-order chi connectivity index (χ0) is 10.6. The lowest BCUT2D eigenvalue weighted by Gasteiger charge is -2.17. The number of halogens is 1. The lowest BCUT2D eigenvalue weighted by Crippen LogP contribution is -2.32. The summed E-state index contributed by atoms with van der Waals surface area (Å²) >= 11 is 5.77. The van der Waals surface area contributed by atoms with Crippen LogP contribution in [0.1, 0.15) is 18.9 Å². The van der Waals surface area contributed by atoms with Crippen LogP contribution in [0.3, 0.4) is 0 Å². The number of hydrazine groups is 1. The van der Waals surface area contributed by atoms with Crippen LogP contribution in [0.4, 0.5) is 5.82 Å². The Morgan fingerprint density at radius 3 is 2.86 bits per heavy atom. The van der Waals surface area contributed by atoms with Gasteiger partial charge in [0.1, 0.15) is 11.0 Å². The molecular formula is C9H14ClN3O. The zero-order valence-corrected chi connectivity index (χ0v) is 8.83. The molecule has 0 saturated heterocycles. The number of nitrogens with zero attached hydrogens (tertiary/aromatic N) is 2. The van der Waals surface area contributed by atoms with Gasteiger partial charge in [-0.2, -0.15) is 0 Å². The van der Waals surface area contributed by atoms with Crippen LogP contribution in [0.15, 0.2) is 12.1 Å². The maximum atomic E-state index is 8.95. The van der Waals surface area contributed by atoms with Gasteiger partial charge in [-0.15, -0.1) is 0 Å². The Hall–Kier alpha value is -0.840. The molecule has 0 atom stereocenters. The van der Waals surface area contributed by atoms with E-state index < -0.39 is 0 Å². The minimum absolute atomic E-state index is 0.0603. The third-order valence-electron chi connectivity index (χ3n) is 1.78. The first-order valence-electron chi connectivity index (χ1n) is 4.47. The minimum atomic E-state index is -0.0603. The van der Waals surface area contributed by atoms with Crippen molar-refractivity contribution in [3.8, 4) is 0 Å². The first kappa shape index (κ1) is 11.2. The Bertz CT molecular complexity index is 306. The Kier molecular flexibility index (Phi) is 4.13. The van der Waals surface area contributed by atoms with E-state index in [-0.39, 0.29) is 6.61 Å². The van der Waals surface area contributed by atoms with Crippen LogP contribution in [-0.2, 0) is 6.61 Å². The molecule has 0 aliphatic rings. The second-order valence-corrected chi connectivity index (χ2v) is 3.40. The van der Waals surface area contributed by atoms with Crippen molar-refractivity contribution in [3.63, 3.8) is 0 Å². The van der Waals surface area contributed by atoms with E-state index in [0.29, 0.717) is 23.1 Å². The average Bonchev–Trinajstić information content (AvgIpc) is 2.17. The van der Waals surface area contributed by atoms with Gasteiger partial charge in [0.05, 0.1) is 6.61 Å². The van der Waals surface area contributed by atoms with E-state index in [1.807, 2.05) is 6.92 Å². The highest BCUT2D eigenvalue weighted by molar-refractivity contribution is 6.29. The van der Waals surface area contributed by atoms with E-state index in [0.717, 1.165) is 6.42 Å². The number of rotatable bonds is 4. The summed E-state index contributed by atoms with van der Waals surface area (Å²) in [6.45, 7) is 2.67. The average molecular weight is 216 g/mol. The second-order valence-electron chi connectivity index (χ2n) is 3.01. The number of anilines is 1. The van der Waals surface area contributed by atoms with Crippen molar-refractivity contribution in [2.75, 3.05) is 11.6 Å². The van der Waals surface area contributed by atoms with Crippen LogP contribution >= 0.6 is 11.6 Å². The van der Waals surface area contributed by atoms with Gasteiger partial charge in [-0.1, -0.05) is 18.5 Å². The van der Waals surface area contributed by atoms with Gasteiger partial charge in [-0.3, -0.25) is 5.01 Å². The second kappa shape index (κ2) is 5.14. The van der Waals surface area contributed by atoms with Crippen LogP contribution in [0, 0.1) is 0 Å². The van der Waals surface area contributed by atoms with E-state index in [2.05, 4.69) is 4.98 Å². The summed E-state index contributed by atoms with van der Waals surface area (Å²) in [5.74, 6) is 6.32. The Morgan fingerprint density at radius 1 is 1.57 bits per heavy atom. The molecule has 0 radical (unpaired) electrons. The molecule has 0 saturated carbocycles. The molecule has 5 heteroatoms. The van der Waals surface area contributed by atoms with Gasteiger partial charge in [-0.05, 0) is 24.1 Å². The molecule has 0 aromatic carbocycles. The monoisotopic (exact) mass is 215 g/mol. The van der Waals surface area contributed by atoms with Crippen LogP contribution in [0.5, 0.6) is 0 Å². The summed E-state index contributed by atoms with van der Waals surface area (Å²) in [6, 6.07) is 3.34. The normalized spacial score (nSPS) is 10.3. The van der Waals surface area contributed by atoms with Crippen molar-refractivity contribution in [1.29, 1.82) is 0 Å². The molecule has 1 heterocycles. The van der Waals surface area contributed by atoms with Gasteiger partial charge < -0.3 is 5.11 Å². The largest absolute Gasteiger partial charge is 0.392 e. The van der Waals surface area contributed by atoms with Crippen LogP contribution in [0.25, 0.3) is 0 Å². The molecule has 0 fully saturated rings. The first-order chi connectivity index (χ1) is 6.67. The van der Waals surface area contributed by atoms with Gasteiger partial charge in [0.15, 0.2) is 0 Å². The lowest BCUT2D eigenvalue weighted by molar-refractivity contribution is 0.281. The lowest BCUT2D eigenvalue weighted by atomic mass is 10.3. The zero-order valence-electron chi connectivity index (χ0n) is 8.07. The van der Waals surface area contributed by atoms with E-state index >= 15 is 0 Å². The van der Waals surface area contributed by atoms with E-state index in [1.54, 1.807) is 12.1 Å². The highest BCUT2D eigenvalue weighted by Crippen LogP contribution is 2.16. The van der Waals surface area contributed by atoms with E-state index in [9.17, 15) is 0 Å². The minimum Gasteiger partial charge on any atom is -0.392 e. The Labute approximate surface area is 88.3 Å². The molecule has 3 N–H and O–H groups in total. The highest BCUT2D eigenvalue weighted by Gasteiger charge is 2.05. The fourth-order valence-electron chi connectivity index (χ4n) is 1.13. The van der Waals surface area contributed by atoms with Gasteiger partial charge in [0.25, 0.3) is 0 Å². The number of nitrogens with two attached hydrogens (primary N) is 1. The van der Waals surface area contributed by atoms with E-state index in [4.69, 9.17) is 22.6 Å². The standard InChI is InChI=1S/C9H14ClN3O/c1-2-3-13(11)9-5-7(6-14)4-8(10)12-9/h4-5,14H,2-3,6,11H2,1H3. The van der Waals surface area contributed by atoms with Crippen molar-refractivity contribution < 1.29 is 5.11 Å². The number of hydrogen-bond acceptors (Lipinski definition) is 4. The highest BCUT2D eigenvalue weighted by atomic mass is 35.5. The molecule has 0 bridgehead atoms. The van der Waals surface area contributed by atoms with Crippen molar-refractivity contribution in [1.82, 2.24) is 4.98 Å².